The topological polar surface area (TPSA) is 86.6 Å². The third-order valence-corrected chi connectivity index (χ3v) is 1.15. The van der Waals surface area contributed by atoms with Crippen molar-refractivity contribution >= 4 is 11.9 Å². The first-order valence-corrected chi connectivity index (χ1v) is 3.35. The Bertz CT molecular complexity index is 190. The van der Waals surface area contributed by atoms with Crippen LogP contribution in [0, 0.1) is 0 Å². The van der Waals surface area contributed by atoms with Crippen LogP contribution >= 0.6 is 0 Å². The SMILES string of the molecule is C=CCC(=O)N[C@H](CO)C(=O)O. The minimum Gasteiger partial charge on any atom is -0.480 e. The number of carbonyl (C=O) groups excluding carboxylic acids is 1. The number of carbonyl (C=O) groups is 2. The summed E-state index contributed by atoms with van der Waals surface area (Å²) in [6, 6.07) is -1.22. The average molecular weight is 173 g/mol. The van der Waals surface area contributed by atoms with E-state index in [2.05, 4.69) is 11.9 Å². The number of aliphatic hydroxyl groups excluding tert-OH is 1. The normalized spacial score (nSPS) is 11.8. The van der Waals surface area contributed by atoms with Gasteiger partial charge in [0, 0.05) is 6.42 Å². The van der Waals surface area contributed by atoms with E-state index in [1.165, 1.54) is 6.08 Å². The zero-order valence-corrected chi connectivity index (χ0v) is 6.49. The van der Waals surface area contributed by atoms with Crippen LogP contribution in [0.1, 0.15) is 6.42 Å². The summed E-state index contributed by atoms with van der Waals surface area (Å²) in [5.41, 5.74) is 0. The Labute approximate surface area is 69.7 Å². The quantitative estimate of drug-likeness (QED) is 0.471. The number of hydrogen-bond acceptors (Lipinski definition) is 3. The van der Waals surface area contributed by atoms with Gasteiger partial charge in [-0.1, -0.05) is 6.08 Å². The van der Waals surface area contributed by atoms with Crippen LogP contribution in [0.5, 0.6) is 0 Å². The van der Waals surface area contributed by atoms with Crippen molar-refractivity contribution in [3.05, 3.63) is 12.7 Å². The molecule has 0 saturated carbocycles. The second-order valence-electron chi connectivity index (χ2n) is 2.13. The largest absolute Gasteiger partial charge is 0.480 e. The van der Waals surface area contributed by atoms with Crippen LogP contribution in [-0.4, -0.2) is 34.7 Å². The van der Waals surface area contributed by atoms with E-state index in [0.29, 0.717) is 0 Å². The summed E-state index contributed by atoms with van der Waals surface area (Å²) in [6.07, 6.45) is 1.40. The summed E-state index contributed by atoms with van der Waals surface area (Å²) in [6.45, 7) is 2.69. The van der Waals surface area contributed by atoms with E-state index in [4.69, 9.17) is 10.2 Å². The van der Waals surface area contributed by atoms with Crippen LogP contribution < -0.4 is 5.32 Å². The fourth-order valence-electron chi connectivity index (χ4n) is 0.570. The first-order chi connectivity index (χ1) is 5.61. The maximum atomic E-state index is 10.8. The summed E-state index contributed by atoms with van der Waals surface area (Å²) in [7, 11) is 0. The molecule has 0 aromatic heterocycles. The van der Waals surface area contributed by atoms with Crippen LogP contribution in [0.15, 0.2) is 12.7 Å². The van der Waals surface area contributed by atoms with Crippen molar-refractivity contribution in [1.82, 2.24) is 5.32 Å². The molecule has 0 heterocycles. The van der Waals surface area contributed by atoms with Crippen LogP contribution in [0.2, 0.25) is 0 Å². The van der Waals surface area contributed by atoms with E-state index in [1.807, 2.05) is 0 Å². The van der Waals surface area contributed by atoms with Crippen LogP contribution in [-0.2, 0) is 9.59 Å². The number of carboxylic acids is 1. The third kappa shape index (κ3) is 3.72. The Morgan fingerprint density at radius 2 is 2.17 bits per heavy atom. The number of hydrogen-bond donors (Lipinski definition) is 3. The maximum Gasteiger partial charge on any atom is 0.328 e. The molecule has 0 aromatic rings. The van der Waals surface area contributed by atoms with E-state index in [0.717, 1.165) is 0 Å². The molecular formula is C7H11NO4. The Kier molecular flexibility index (Phi) is 4.71. The first kappa shape index (κ1) is 10.6. The molecule has 12 heavy (non-hydrogen) atoms. The monoisotopic (exact) mass is 173 g/mol. The lowest BCUT2D eigenvalue weighted by molar-refractivity contribution is -0.142. The van der Waals surface area contributed by atoms with Crippen molar-refractivity contribution in [2.24, 2.45) is 0 Å². The van der Waals surface area contributed by atoms with E-state index < -0.39 is 24.5 Å². The number of aliphatic hydroxyl groups is 1. The Morgan fingerprint density at radius 3 is 2.50 bits per heavy atom. The molecule has 3 N–H and O–H groups in total. The summed E-state index contributed by atoms with van der Waals surface area (Å²) in [5, 5.41) is 19.0. The molecule has 0 spiro atoms. The fourth-order valence-corrected chi connectivity index (χ4v) is 0.570. The minimum atomic E-state index is -1.25. The van der Waals surface area contributed by atoms with Gasteiger partial charge in [-0.15, -0.1) is 6.58 Å². The zero-order valence-electron chi connectivity index (χ0n) is 6.49. The van der Waals surface area contributed by atoms with Crippen molar-refractivity contribution < 1.29 is 19.8 Å². The predicted molar refractivity (Wildman–Crippen MR) is 41.5 cm³/mol. The predicted octanol–water partition coefficient (Wildman–Crippen LogP) is -0.876. The van der Waals surface area contributed by atoms with Crippen LogP contribution in [0.4, 0.5) is 0 Å². The highest BCUT2D eigenvalue weighted by molar-refractivity contribution is 5.84. The maximum absolute atomic E-state index is 10.8. The number of aliphatic carboxylic acids is 1. The third-order valence-electron chi connectivity index (χ3n) is 1.15. The molecule has 0 aromatic carbocycles. The van der Waals surface area contributed by atoms with Gasteiger partial charge >= 0.3 is 5.97 Å². The molecule has 0 aliphatic rings. The standard InChI is InChI=1S/C7H11NO4/c1-2-3-6(10)8-5(4-9)7(11)12/h2,5,9H,1,3-4H2,(H,8,10)(H,11,12)/t5-/m1/s1. The molecule has 0 rings (SSSR count). The summed E-state index contributed by atoms with van der Waals surface area (Å²) >= 11 is 0. The van der Waals surface area contributed by atoms with E-state index >= 15 is 0 Å². The molecule has 0 saturated heterocycles. The molecular weight excluding hydrogens is 162 g/mol. The van der Waals surface area contributed by atoms with Crippen LogP contribution in [0.3, 0.4) is 0 Å². The number of rotatable bonds is 5. The van der Waals surface area contributed by atoms with Crippen molar-refractivity contribution in [1.29, 1.82) is 0 Å². The van der Waals surface area contributed by atoms with Gasteiger partial charge in [0.1, 0.15) is 6.04 Å². The first-order valence-electron chi connectivity index (χ1n) is 3.35. The highest BCUT2D eigenvalue weighted by Gasteiger charge is 2.17. The number of nitrogens with one attached hydrogen (secondary N) is 1. The molecule has 68 valence electrons. The molecule has 0 bridgehead atoms. The van der Waals surface area contributed by atoms with Gasteiger partial charge in [0.05, 0.1) is 6.61 Å². The molecule has 5 heteroatoms. The Hall–Kier alpha value is -1.36. The van der Waals surface area contributed by atoms with E-state index in [1.54, 1.807) is 0 Å². The van der Waals surface area contributed by atoms with Gasteiger partial charge in [0.15, 0.2) is 0 Å². The lowest BCUT2D eigenvalue weighted by atomic mass is 10.3. The molecule has 1 atom stereocenters. The van der Waals surface area contributed by atoms with Crippen LogP contribution in [0.25, 0.3) is 0 Å². The average Bonchev–Trinajstić information content (AvgIpc) is 2.00. The fraction of sp³-hybridized carbons (Fsp3) is 0.429. The zero-order chi connectivity index (χ0) is 9.56. The molecule has 0 aliphatic carbocycles. The summed E-state index contributed by atoms with van der Waals surface area (Å²) in [5.74, 6) is -1.72. The summed E-state index contributed by atoms with van der Waals surface area (Å²) < 4.78 is 0. The van der Waals surface area contributed by atoms with Gasteiger partial charge in [-0.05, 0) is 0 Å². The molecule has 0 radical (unpaired) electrons. The van der Waals surface area contributed by atoms with Crippen molar-refractivity contribution in [3.63, 3.8) is 0 Å². The van der Waals surface area contributed by atoms with Gasteiger partial charge < -0.3 is 15.5 Å². The minimum absolute atomic E-state index is 0.0454. The smallest absolute Gasteiger partial charge is 0.328 e. The molecule has 0 aliphatic heterocycles. The van der Waals surface area contributed by atoms with Crippen molar-refractivity contribution in [3.8, 4) is 0 Å². The number of amides is 1. The van der Waals surface area contributed by atoms with E-state index in [9.17, 15) is 9.59 Å². The second-order valence-corrected chi connectivity index (χ2v) is 2.13. The highest BCUT2D eigenvalue weighted by atomic mass is 16.4. The molecule has 0 unspecified atom stereocenters. The Balaban J connectivity index is 3.93. The number of carboxylic acid groups (broad SMARTS) is 1. The molecule has 5 nitrogen and oxygen atoms in total. The molecule has 0 fully saturated rings. The van der Waals surface area contributed by atoms with Crippen molar-refractivity contribution in [2.45, 2.75) is 12.5 Å². The summed E-state index contributed by atoms with van der Waals surface area (Å²) in [4.78, 5) is 21.0. The van der Waals surface area contributed by atoms with Gasteiger partial charge in [-0.3, -0.25) is 4.79 Å². The lowest BCUT2D eigenvalue weighted by Crippen LogP contribution is -2.43. The van der Waals surface area contributed by atoms with Gasteiger partial charge in [-0.25, -0.2) is 4.79 Å². The lowest BCUT2D eigenvalue weighted by Gasteiger charge is -2.09. The van der Waals surface area contributed by atoms with Crippen molar-refractivity contribution in [2.75, 3.05) is 6.61 Å². The van der Waals surface area contributed by atoms with Gasteiger partial charge in [0.25, 0.3) is 0 Å². The molecule has 1 amide bonds. The Morgan fingerprint density at radius 1 is 1.58 bits per heavy atom. The van der Waals surface area contributed by atoms with Gasteiger partial charge in [0.2, 0.25) is 5.91 Å². The highest BCUT2D eigenvalue weighted by Crippen LogP contribution is 1.86. The van der Waals surface area contributed by atoms with Gasteiger partial charge in [-0.2, -0.15) is 0 Å². The second kappa shape index (κ2) is 5.31. The van der Waals surface area contributed by atoms with E-state index in [-0.39, 0.29) is 6.42 Å².